The minimum Gasteiger partial charge on any atom is -0.406 e. The van der Waals surface area contributed by atoms with E-state index in [2.05, 4.69) is 41.6 Å². The number of rotatable bonds is 8. The van der Waals surface area contributed by atoms with Crippen LogP contribution in [0.2, 0.25) is 0 Å². The largest absolute Gasteiger partial charge is 0.406 e. The number of hydrogen-bond donors (Lipinski definition) is 2. The van der Waals surface area contributed by atoms with Crippen LogP contribution < -0.4 is 10.6 Å². The Hall–Kier alpha value is -1.10. The molecule has 5 heteroatoms. The van der Waals surface area contributed by atoms with Gasteiger partial charge in [0.05, 0.1) is 6.04 Å². The molecule has 98 valence electrons. The highest BCUT2D eigenvalue weighted by Gasteiger charge is 2.12. The van der Waals surface area contributed by atoms with Gasteiger partial charge in [0, 0.05) is 6.54 Å². The number of hydrogen-bond acceptors (Lipinski definition) is 5. The molecule has 0 aliphatic rings. The van der Waals surface area contributed by atoms with E-state index in [1.807, 2.05) is 6.92 Å². The molecule has 1 atom stereocenters. The van der Waals surface area contributed by atoms with E-state index in [1.54, 1.807) is 0 Å². The van der Waals surface area contributed by atoms with Crippen LogP contribution in [0.25, 0.3) is 0 Å². The first kappa shape index (κ1) is 14.0. The van der Waals surface area contributed by atoms with Gasteiger partial charge >= 0.3 is 6.01 Å². The Kier molecular flexibility index (Phi) is 5.97. The number of nitrogens with zero attached hydrogens (tertiary/aromatic N) is 2. The highest BCUT2D eigenvalue weighted by molar-refractivity contribution is 5.16. The van der Waals surface area contributed by atoms with Gasteiger partial charge in [0.1, 0.15) is 0 Å². The third-order valence-electron chi connectivity index (χ3n) is 2.51. The van der Waals surface area contributed by atoms with Crippen molar-refractivity contribution in [2.45, 2.75) is 46.6 Å². The average Bonchev–Trinajstić information content (AvgIpc) is 2.74. The number of aromatic nitrogens is 2. The zero-order chi connectivity index (χ0) is 12.7. The molecule has 0 saturated heterocycles. The lowest BCUT2D eigenvalue weighted by Crippen LogP contribution is -2.19. The fourth-order valence-electron chi connectivity index (χ4n) is 1.40. The van der Waals surface area contributed by atoms with Crippen LogP contribution in [0.15, 0.2) is 4.42 Å². The number of anilines is 1. The monoisotopic (exact) mass is 240 g/mol. The molecule has 0 fully saturated rings. The van der Waals surface area contributed by atoms with E-state index in [4.69, 9.17) is 4.42 Å². The summed E-state index contributed by atoms with van der Waals surface area (Å²) in [5.41, 5.74) is 0. The van der Waals surface area contributed by atoms with Crippen LogP contribution in [0.1, 0.15) is 52.5 Å². The highest BCUT2D eigenvalue weighted by atomic mass is 16.4. The first-order valence-corrected chi connectivity index (χ1v) is 6.44. The maximum atomic E-state index is 5.53. The second-order valence-electron chi connectivity index (χ2n) is 4.73. The molecular formula is C12H24N4O. The fraction of sp³-hybridized carbons (Fsp3) is 0.833. The molecule has 0 aliphatic heterocycles. The van der Waals surface area contributed by atoms with Crippen molar-refractivity contribution in [3.8, 4) is 0 Å². The fourth-order valence-corrected chi connectivity index (χ4v) is 1.40. The van der Waals surface area contributed by atoms with Gasteiger partial charge in [-0.2, -0.15) is 0 Å². The minimum absolute atomic E-state index is 0.114. The van der Waals surface area contributed by atoms with Crippen LogP contribution in [0, 0.1) is 5.92 Å². The summed E-state index contributed by atoms with van der Waals surface area (Å²) in [4.78, 5) is 0. The SMILES string of the molecule is CCCNC(C)c1nnc(NCCC(C)C)o1. The van der Waals surface area contributed by atoms with Gasteiger partial charge in [0.15, 0.2) is 0 Å². The van der Waals surface area contributed by atoms with Crippen LogP contribution in [-0.2, 0) is 0 Å². The van der Waals surface area contributed by atoms with Crippen LogP contribution >= 0.6 is 0 Å². The van der Waals surface area contributed by atoms with Crippen molar-refractivity contribution in [1.29, 1.82) is 0 Å². The molecular weight excluding hydrogens is 216 g/mol. The second-order valence-corrected chi connectivity index (χ2v) is 4.73. The zero-order valence-electron chi connectivity index (χ0n) is 11.3. The van der Waals surface area contributed by atoms with Gasteiger partial charge in [0.25, 0.3) is 0 Å². The highest BCUT2D eigenvalue weighted by Crippen LogP contribution is 2.13. The summed E-state index contributed by atoms with van der Waals surface area (Å²) in [6.45, 7) is 10.4. The van der Waals surface area contributed by atoms with Crippen molar-refractivity contribution >= 4 is 6.01 Å². The summed E-state index contributed by atoms with van der Waals surface area (Å²) in [5, 5.41) is 14.5. The van der Waals surface area contributed by atoms with E-state index in [0.717, 1.165) is 25.9 Å². The number of nitrogens with one attached hydrogen (secondary N) is 2. The molecule has 0 bridgehead atoms. The molecule has 0 spiro atoms. The standard InChI is InChI=1S/C12H24N4O/c1-5-7-13-10(4)11-15-16-12(17-11)14-8-6-9(2)3/h9-10,13H,5-8H2,1-4H3,(H,14,16). The van der Waals surface area contributed by atoms with E-state index in [9.17, 15) is 0 Å². The molecule has 17 heavy (non-hydrogen) atoms. The molecule has 1 unspecified atom stereocenters. The topological polar surface area (TPSA) is 63.0 Å². The maximum Gasteiger partial charge on any atom is 0.315 e. The molecule has 1 heterocycles. The predicted molar refractivity (Wildman–Crippen MR) is 69.0 cm³/mol. The molecule has 0 aromatic carbocycles. The summed E-state index contributed by atoms with van der Waals surface area (Å²) >= 11 is 0. The Balaban J connectivity index is 2.36. The molecule has 1 aromatic rings. The Morgan fingerprint density at radius 2 is 1.94 bits per heavy atom. The summed E-state index contributed by atoms with van der Waals surface area (Å²) < 4.78 is 5.53. The van der Waals surface area contributed by atoms with Crippen LogP contribution in [0.3, 0.4) is 0 Å². The Bertz CT molecular complexity index is 311. The quantitative estimate of drug-likeness (QED) is 0.731. The van der Waals surface area contributed by atoms with Gasteiger partial charge in [0.2, 0.25) is 5.89 Å². The molecule has 5 nitrogen and oxygen atoms in total. The van der Waals surface area contributed by atoms with Gasteiger partial charge in [-0.05, 0) is 32.2 Å². The Morgan fingerprint density at radius 1 is 1.18 bits per heavy atom. The van der Waals surface area contributed by atoms with Gasteiger partial charge in [-0.3, -0.25) is 0 Å². The lowest BCUT2D eigenvalue weighted by atomic mass is 10.1. The van der Waals surface area contributed by atoms with E-state index in [0.29, 0.717) is 17.8 Å². The molecule has 0 aliphatic carbocycles. The van der Waals surface area contributed by atoms with Gasteiger partial charge in [-0.25, -0.2) is 0 Å². The summed E-state index contributed by atoms with van der Waals surface area (Å²) in [6, 6.07) is 0.633. The average molecular weight is 240 g/mol. The normalized spacial score (nSPS) is 13.0. The molecule has 0 radical (unpaired) electrons. The van der Waals surface area contributed by atoms with E-state index < -0.39 is 0 Å². The first-order valence-electron chi connectivity index (χ1n) is 6.44. The van der Waals surface area contributed by atoms with Crippen molar-refractivity contribution in [3.05, 3.63) is 5.89 Å². The maximum absolute atomic E-state index is 5.53. The molecule has 2 N–H and O–H groups in total. The first-order chi connectivity index (χ1) is 8.13. The van der Waals surface area contributed by atoms with E-state index in [1.165, 1.54) is 0 Å². The van der Waals surface area contributed by atoms with Crippen molar-refractivity contribution in [3.63, 3.8) is 0 Å². The van der Waals surface area contributed by atoms with Crippen molar-refractivity contribution < 1.29 is 4.42 Å². The lowest BCUT2D eigenvalue weighted by molar-refractivity contribution is 0.422. The molecule has 1 aromatic heterocycles. The Labute approximate surface area is 103 Å². The van der Waals surface area contributed by atoms with Crippen molar-refractivity contribution in [1.82, 2.24) is 15.5 Å². The zero-order valence-corrected chi connectivity index (χ0v) is 11.3. The Morgan fingerprint density at radius 3 is 2.59 bits per heavy atom. The molecule has 1 rings (SSSR count). The minimum atomic E-state index is 0.114. The van der Waals surface area contributed by atoms with Crippen LogP contribution in [-0.4, -0.2) is 23.3 Å². The summed E-state index contributed by atoms with van der Waals surface area (Å²) in [5.74, 6) is 1.32. The van der Waals surface area contributed by atoms with Crippen LogP contribution in [0.5, 0.6) is 0 Å². The summed E-state index contributed by atoms with van der Waals surface area (Å²) in [6.07, 6.45) is 2.19. The smallest absolute Gasteiger partial charge is 0.315 e. The van der Waals surface area contributed by atoms with Crippen LogP contribution in [0.4, 0.5) is 6.01 Å². The van der Waals surface area contributed by atoms with E-state index >= 15 is 0 Å². The summed E-state index contributed by atoms with van der Waals surface area (Å²) in [7, 11) is 0. The van der Waals surface area contributed by atoms with Gasteiger partial charge in [-0.1, -0.05) is 25.9 Å². The third kappa shape index (κ3) is 5.17. The molecule has 0 saturated carbocycles. The molecule has 0 amide bonds. The second kappa shape index (κ2) is 7.27. The van der Waals surface area contributed by atoms with E-state index in [-0.39, 0.29) is 6.04 Å². The van der Waals surface area contributed by atoms with Crippen molar-refractivity contribution in [2.75, 3.05) is 18.4 Å². The lowest BCUT2D eigenvalue weighted by Gasteiger charge is -2.07. The predicted octanol–water partition coefficient (Wildman–Crippen LogP) is 2.59. The van der Waals surface area contributed by atoms with Crippen molar-refractivity contribution in [2.24, 2.45) is 5.92 Å². The van der Waals surface area contributed by atoms with Gasteiger partial charge < -0.3 is 15.1 Å². The third-order valence-corrected chi connectivity index (χ3v) is 2.51. The van der Waals surface area contributed by atoms with Gasteiger partial charge in [-0.15, -0.1) is 5.10 Å².